The van der Waals surface area contributed by atoms with Gasteiger partial charge in [-0.3, -0.25) is 19.3 Å². The van der Waals surface area contributed by atoms with E-state index in [1.807, 2.05) is 45.9 Å². The number of nitrogens with one attached hydrogen (secondary N) is 2. The zero-order valence-corrected chi connectivity index (χ0v) is 24.6. The molecule has 2 N–H and O–H groups in total. The van der Waals surface area contributed by atoms with Crippen molar-refractivity contribution in [2.75, 3.05) is 33.9 Å². The minimum atomic E-state index is -0.861. The molecule has 0 aliphatic rings. The van der Waals surface area contributed by atoms with Crippen molar-refractivity contribution in [1.82, 2.24) is 15.5 Å². The number of methoxy groups -OCH3 is 2. The molecule has 0 spiro atoms. The lowest BCUT2D eigenvalue weighted by Crippen LogP contribution is -2.51. The molecule has 224 valence electrons. The molecule has 0 aliphatic heterocycles. The summed E-state index contributed by atoms with van der Waals surface area (Å²) < 4.78 is 15.0. The van der Waals surface area contributed by atoms with Gasteiger partial charge >= 0.3 is 17.9 Å². The molecule has 0 heterocycles. The number of nitrogens with zero attached hydrogens (tertiary/aromatic N) is 1. The number of rotatable bonds is 18. The molecular weight excluding hydrogens is 518 g/mol. The number of benzene rings is 1. The molecule has 0 saturated heterocycles. The smallest absolute Gasteiger partial charge is 0.328 e. The van der Waals surface area contributed by atoms with Crippen molar-refractivity contribution < 1.29 is 38.2 Å². The van der Waals surface area contributed by atoms with Gasteiger partial charge in [0.1, 0.15) is 18.7 Å². The molecule has 11 nitrogen and oxygen atoms in total. The third-order valence-corrected chi connectivity index (χ3v) is 6.04. The lowest BCUT2D eigenvalue weighted by molar-refractivity contribution is -0.149. The Labute approximate surface area is 237 Å². The van der Waals surface area contributed by atoms with Gasteiger partial charge in [-0.15, -0.1) is 0 Å². The van der Waals surface area contributed by atoms with E-state index in [1.54, 1.807) is 12.1 Å². The highest BCUT2D eigenvalue weighted by Crippen LogP contribution is 2.10. The van der Waals surface area contributed by atoms with Crippen LogP contribution in [0.25, 0.3) is 0 Å². The largest absolute Gasteiger partial charge is 0.467 e. The summed E-state index contributed by atoms with van der Waals surface area (Å²) in [6, 6.07) is 7.37. The van der Waals surface area contributed by atoms with Gasteiger partial charge in [0, 0.05) is 0 Å². The van der Waals surface area contributed by atoms with Crippen LogP contribution in [0.2, 0.25) is 0 Å². The van der Waals surface area contributed by atoms with Crippen molar-refractivity contribution in [3.63, 3.8) is 0 Å². The van der Waals surface area contributed by atoms with Crippen molar-refractivity contribution in [1.29, 1.82) is 0 Å². The molecule has 0 unspecified atom stereocenters. The SMILES string of the molecule is COC(=O)[C@@H](CCC(C)C)NC(=O)CN(CC(=O)N[C@H](CCC(C)C)C(=O)OC)CC(=O)OCc1ccccc1. The molecular formula is C29H45N3O8. The Hall–Kier alpha value is -3.47. The Morgan fingerprint density at radius 1 is 0.700 bits per heavy atom. The van der Waals surface area contributed by atoms with E-state index in [0.717, 1.165) is 5.56 Å². The Balaban J connectivity index is 2.94. The van der Waals surface area contributed by atoms with E-state index in [-0.39, 0.29) is 26.2 Å². The summed E-state index contributed by atoms with van der Waals surface area (Å²) in [6.45, 7) is 6.94. The highest BCUT2D eigenvalue weighted by molar-refractivity contribution is 5.88. The van der Waals surface area contributed by atoms with Gasteiger partial charge in [0.25, 0.3) is 0 Å². The van der Waals surface area contributed by atoms with Crippen LogP contribution in [0.1, 0.15) is 58.9 Å². The second kappa shape index (κ2) is 18.8. The number of carbonyl (C=O) groups is 5. The summed E-state index contributed by atoms with van der Waals surface area (Å²) in [4.78, 5) is 64.2. The van der Waals surface area contributed by atoms with E-state index in [0.29, 0.717) is 37.5 Å². The summed E-state index contributed by atoms with van der Waals surface area (Å²) in [6.07, 6.45) is 2.13. The molecule has 0 aromatic heterocycles. The third kappa shape index (κ3) is 14.6. The number of amides is 2. The predicted octanol–water partition coefficient (Wildman–Crippen LogP) is 2.22. The van der Waals surface area contributed by atoms with E-state index in [2.05, 4.69) is 10.6 Å². The van der Waals surface area contributed by atoms with Gasteiger partial charge in [0.2, 0.25) is 11.8 Å². The maximum atomic E-state index is 12.9. The van der Waals surface area contributed by atoms with Crippen LogP contribution in [0.3, 0.4) is 0 Å². The summed E-state index contributed by atoms with van der Waals surface area (Å²) in [5.41, 5.74) is 0.787. The summed E-state index contributed by atoms with van der Waals surface area (Å²) in [5, 5.41) is 5.29. The van der Waals surface area contributed by atoms with Gasteiger partial charge < -0.3 is 24.8 Å². The lowest BCUT2D eigenvalue weighted by atomic mass is 10.0. The minimum Gasteiger partial charge on any atom is -0.467 e. The fraction of sp³-hybridized carbons (Fsp3) is 0.621. The zero-order valence-electron chi connectivity index (χ0n) is 24.6. The van der Waals surface area contributed by atoms with Gasteiger partial charge in [-0.1, -0.05) is 58.0 Å². The molecule has 1 rings (SSSR count). The van der Waals surface area contributed by atoms with Crippen LogP contribution in [-0.2, 0) is 44.8 Å². The first-order valence-corrected chi connectivity index (χ1v) is 13.6. The molecule has 0 aliphatic carbocycles. The van der Waals surface area contributed by atoms with Crippen LogP contribution in [-0.4, -0.2) is 80.6 Å². The minimum absolute atomic E-state index is 0.0329. The Morgan fingerprint density at radius 2 is 1.15 bits per heavy atom. The third-order valence-electron chi connectivity index (χ3n) is 6.04. The van der Waals surface area contributed by atoms with Crippen molar-refractivity contribution in [3.05, 3.63) is 35.9 Å². The molecule has 2 amide bonds. The van der Waals surface area contributed by atoms with Crippen molar-refractivity contribution >= 4 is 29.7 Å². The fourth-order valence-corrected chi connectivity index (χ4v) is 3.80. The number of esters is 3. The lowest BCUT2D eigenvalue weighted by Gasteiger charge is -2.24. The number of hydrogen-bond acceptors (Lipinski definition) is 9. The molecule has 40 heavy (non-hydrogen) atoms. The van der Waals surface area contributed by atoms with Crippen molar-refractivity contribution in [2.45, 2.75) is 72.1 Å². The average molecular weight is 564 g/mol. The number of carbonyl (C=O) groups excluding carboxylic acids is 5. The zero-order chi connectivity index (χ0) is 30.1. The Bertz CT molecular complexity index is 904. The molecule has 1 aromatic rings. The highest BCUT2D eigenvalue weighted by Gasteiger charge is 2.27. The second-order valence-electron chi connectivity index (χ2n) is 10.5. The van der Waals surface area contributed by atoms with Gasteiger partial charge in [0.05, 0.1) is 33.9 Å². The van der Waals surface area contributed by atoms with E-state index < -0.39 is 41.8 Å². The van der Waals surface area contributed by atoms with Gasteiger partial charge in [0.15, 0.2) is 0 Å². The fourth-order valence-electron chi connectivity index (χ4n) is 3.80. The first-order valence-electron chi connectivity index (χ1n) is 13.6. The molecule has 11 heteroatoms. The Kier molecular flexibility index (Phi) is 16.2. The van der Waals surface area contributed by atoms with Gasteiger partial charge in [-0.25, -0.2) is 9.59 Å². The summed E-state index contributed by atoms with van der Waals surface area (Å²) in [7, 11) is 2.49. The second-order valence-corrected chi connectivity index (χ2v) is 10.5. The molecule has 0 saturated carbocycles. The topological polar surface area (TPSA) is 140 Å². The molecule has 0 radical (unpaired) electrons. The first kappa shape index (κ1) is 34.6. The van der Waals surface area contributed by atoms with Crippen LogP contribution in [0.4, 0.5) is 0 Å². The maximum absolute atomic E-state index is 12.9. The molecule has 1 aromatic carbocycles. The predicted molar refractivity (Wildman–Crippen MR) is 149 cm³/mol. The summed E-state index contributed by atoms with van der Waals surface area (Å²) in [5.74, 6) is -2.31. The number of ether oxygens (including phenoxy) is 3. The normalized spacial score (nSPS) is 12.5. The average Bonchev–Trinajstić information content (AvgIpc) is 2.91. The van der Waals surface area contributed by atoms with Crippen LogP contribution >= 0.6 is 0 Å². The van der Waals surface area contributed by atoms with E-state index in [1.165, 1.54) is 19.1 Å². The monoisotopic (exact) mass is 563 g/mol. The standard InChI is InChI=1S/C29H45N3O8/c1-20(2)12-14-23(28(36)38-5)30-25(33)16-32(18-27(35)40-19-22-10-8-7-9-11-22)17-26(34)31-24(29(37)39-6)15-13-21(3)4/h7-11,20-21,23-24H,12-19H2,1-6H3,(H,30,33)(H,31,34)/t23-,24-/m1/s1. The van der Waals surface area contributed by atoms with Crippen LogP contribution in [0.5, 0.6) is 0 Å². The van der Waals surface area contributed by atoms with Gasteiger partial charge in [-0.2, -0.15) is 0 Å². The van der Waals surface area contributed by atoms with Crippen LogP contribution < -0.4 is 10.6 Å². The highest BCUT2D eigenvalue weighted by atomic mass is 16.5. The van der Waals surface area contributed by atoms with E-state index >= 15 is 0 Å². The summed E-state index contributed by atoms with van der Waals surface area (Å²) >= 11 is 0. The van der Waals surface area contributed by atoms with E-state index in [9.17, 15) is 24.0 Å². The van der Waals surface area contributed by atoms with Gasteiger partial charge in [-0.05, 0) is 43.1 Å². The van der Waals surface area contributed by atoms with E-state index in [4.69, 9.17) is 14.2 Å². The Morgan fingerprint density at radius 3 is 1.55 bits per heavy atom. The molecule has 0 bridgehead atoms. The molecule has 0 fully saturated rings. The van der Waals surface area contributed by atoms with Crippen molar-refractivity contribution in [2.24, 2.45) is 11.8 Å². The van der Waals surface area contributed by atoms with Crippen molar-refractivity contribution in [3.8, 4) is 0 Å². The molecule has 2 atom stereocenters. The quantitative estimate of drug-likeness (QED) is 0.203. The van der Waals surface area contributed by atoms with Crippen LogP contribution in [0.15, 0.2) is 30.3 Å². The van der Waals surface area contributed by atoms with Crippen LogP contribution in [0, 0.1) is 11.8 Å². The number of hydrogen-bond donors (Lipinski definition) is 2. The first-order chi connectivity index (χ1) is 18.9. The maximum Gasteiger partial charge on any atom is 0.328 e.